The van der Waals surface area contributed by atoms with Gasteiger partial charge in [0.05, 0.1) is 11.2 Å². The Morgan fingerprint density at radius 3 is 2.70 bits per heavy atom. The molecule has 3 heterocycles. The second-order valence-electron chi connectivity index (χ2n) is 6.81. The van der Waals surface area contributed by atoms with E-state index in [2.05, 4.69) is 46.5 Å². The summed E-state index contributed by atoms with van der Waals surface area (Å²) in [6.45, 7) is 4.99. The van der Waals surface area contributed by atoms with E-state index in [1.54, 1.807) is 0 Å². The highest BCUT2D eigenvalue weighted by Gasteiger charge is 2.18. The van der Waals surface area contributed by atoms with Crippen LogP contribution in [0.2, 0.25) is 5.15 Å². The Morgan fingerprint density at radius 1 is 1.26 bits per heavy atom. The molecule has 1 atom stereocenters. The fourth-order valence-corrected chi connectivity index (χ4v) is 4.73. The van der Waals surface area contributed by atoms with Crippen molar-refractivity contribution in [3.8, 4) is 11.1 Å². The van der Waals surface area contributed by atoms with Gasteiger partial charge in [-0.25, -0.2) is 4.98 Å². The first-order chi connectivity index (χ1) is 13.0. The van der Waals surface area contributed by atoms with Gasteiger partial charge in [0, 0.05) is 22.9 Å². The number of likely N-dealkylation sites (N-methyl/N-ethyl adjacent to an activating group) is 1. The van der Waals surface area contributed by atoms with E-state index >= 15 is 0 Å². The average Bonchev–Trinajstić information content (AvgIpc) is 3.14. The van der Waals surface area contributed by atoms with Crippen LogP contribution in [0.15, 0.2) is 40.5 Å². The molecule has 27 heavy (non-hydrogen) atoms. The van der Waals surface area contributed by atoms with Crippen LogP contribution in [-0.4, -0.2) is 23.6 Å². The number of aromatic amines is 1. The molecular weight excluding hydrogens is 378 g/mol. The van der Waals surface area contributed by atoms with E-state index in [4.69, 9.17) is 11.6 Å². The summed E-state index contributed by atoms with van der Waals surface area (Å²) in [6, 6.07) is 10.4. The Labute approximate surface area is 166 Å². The fraction of sp³-hybridized carbons (Fsp3) is 0.238. The molecule has 0 aliphatic carbocycles. The van der Waals surface area contributed by atoms with Gasteiger partial charge in [0.15, 0.2) is 0 Å². The summed E-state index contributed by atoms with van der Waals surface area (Å²) in [5, 5.41) is 7.49. The highest BCUT2D eigenvalue weighted by Crippen LogP contribution is 2.39. The van der Waals surface area contributed by atoms with E-state index in [0.29, 0.717) is 15.8 Å². The highest BCUT2D eigenvalue weighted by molar-refractivity contribution is 7.17. The van der Waals surface area contributed by atoms with Crippen LogP contribution in [-0.2, 0) is 0 Å². The maximum Gasteiger partial charge on any atom is 0.266 e. The third-order valence-electron chi connectivity index (χ3n) is 4.99. The third-order valence-corrected chi connectivity index (χ3v) is 6.18. The number of thiophene rings is 1. The van der Waals surface area contributed by atoms with Gasteiger partial charge in [-0.2, -0.15) is 0 Å². The second-order valence-corrected chi connectivity index (χ2v) is 8.09. The summed E-state index contributed by atoms with van der Waals surface area (Å²) in [7, 11) is 1.96. The van der Waals surface area contributed by atoms with Gasteiger partial charge in [-0.15, -0.1) is 11.3 Å². The van der Waals surface area contributed by atoms with Crippen molar-refractivity contribution in [2.45, 2.75) is 19.8 Å². The van der Waals surface area contributed by atoms with Crippen LogP contribution < -0.4 is 10.9 Å². The number of hydrogen-bond acceptors (Lipinski definition) is 4. The van der Waals surface area contributed by atoms with Crippen molar-refractivity contribution in [3.05, 3.63) is 62.5 Å². The van der Waals surface area contributed by atoms with Gasteiger partial charge < -0.3 is 10.3 Å². The molecule has 0 aliphatic rings. The summed E-state index contributed by atoms with van der Waals surface area (Å²) in [4.78, 5) is 19.9. The zero-order valence-electron chi connectivity index (χ0n) is 15.4. The lowest BCUT2D eigenvalue weighted by Crippen LogP contribution is -2.14. The van der Waals surface area contributed by atoms with Gasteiger partial charge in [0.2, 0.25) is 0 Å². The standard InChI is InChI=1S/C21H20ClN3OS/c1-11(10-23-3)13-4-6-14(7-5-13)16-17-15-8-9-27-19(15)21(26)25-18(17)12(2)24-20(16)22/h4-9,11,23H,10H2,1-3H3,(H,25,26). The molecule has 6 heteroatoms. The van der Waals surface area contributed by atoms with Crippen molar-refractivity contribution in [1.82, 2.24) is 15.3 Å². The molecule has 0 aliphatic heterocycles. The lowest BCUT2D eigenvalue weighted by atomic mass is 9.95. The van der Waals surface area contributed by atoms with Crippen molar-refractivity contribution in [2.75, 3.05) is 13.6 Å². The highest BCUT2D eigenvalue weighted by atomic mass is 35.5. The number of aromatic nitrogens is 2. The minimum atomic E-state index is -0.0816. The van der Waals surface area contributed by atoms with Crippen molar-refractivity contribution in [2.24, 2.45) is 0 Å². The molecule has 0 spiro atoms. The molecule has 4 rings (SSSR count). The number of hydrogen-bond donors (Lipinski definition) is 2. The van der Waals surface area contributed by atoms with Crippen molar-refractivity contribution < 1.29 is 0 Å². The van der Waals surface area contributed by atoms with Crippen LogP contribution in [0, 0.1) is 6.92 Å². The molecular formula is C21H20ClN3OS. The zero-order valence-corrected chi connectivity index (χ0v) is 17.0. The number of nitrogens with zero attached hydrogens (tertiary/aromatic N) is 1. The van der Waals surface area contributed by atoms with E-state index < -0.39 is 0 Å². The van der Waals surface area contributed by atoms with Gasteiger partial charge in [0.25, 0.3) is 5.56 Å². The van der Waals surface area contributed by atoms with Gasteiger partial charge in [-0.05, 0) is 42.5 Å². The van der Waals surface area contributed by atoms with Gasteiger partial charge >= 0.3 is 0 Å². The molecule has 2 N–H and O–H groups in total. The molecule has 4 nitrogen and oxygen atoms in total. The van der Waals surface area contributed by atoms with E-state index in [1.807, 2.05) is 25.4 Å². The van der Waals surface area contributed by atoms with Gasteiger partial charge in [-0.1, -0.05) is 42.8 Å². The van der Waals surface area contributed by atoms with Crippen molar-refractivity contribution >= 4 is 43.9 Å². The summed E-state index contributed by atoms with van der Waals surface area (Å²) in [5.74, 6) is 0.423. The number of rotatable bonds is 4. The monoisotopic (exact) mass is 397 g/mol. The molecule has 0 fully saturated rings. The first-order valence-electron chi connectivity index (χ1n) is 8.85. The molecule has 0 radical (unpaired) electrons. The Kier molecular flexibility index (Phi) is 4.76. The zero-order chi connectivity index (χ0) is 19.1. The maximum absolute atomic E-state index is 12.4. The average molecular weight is 398 g/mol. The Hall–Kier alpha value is -2.21. The number of H-pyrrole nitrogens is 1. The predicted octanol–water partition coefficient (Wildman–Crippen LogP) is 5.09. The summed E-state index contributed by atoms with van der Waals surface area (Å²) >= 11 is 8.03. The first kappa shape index (κ1) is 18.2. The number of pyridine rings is 2. The van der Waals surface area contributed by atoms with Crippen molar-refractivity contribution in [3.63, 3.8) is 0 Å². The van der Waals surface area contributed by atoms with Gasteiger partial charge in [-0.3, -0.25) is 4.79 Å². The Morgan fingerprint density at radius 2 is 2.00 bits per heavy atom. The SMILES string of the molecule is CNCC(C)c1ccc(-c2c(Cl)nc(C)c3[nH]c(=O)c4sccc4c23)cc1. The molecule has 1 aromatic carbocycles. The molecule has 0 saturated carbocycles. The number of fused-ring (bicyclic) bond motifs is 3. The van der Waals surface area contributed by atoms with Crippen LogP contribution in [0.25, 0.3) is 32.1 Å². The molecule has 1 unspecified atom stereocenters. The summed E-state index contributed by atoms with van der Waals surface area (Å²) in [5.41, 5.74) is 4.52. The molecule has 0 bridgehead atoms. The molecule has 0 saturated heterocycles. The quantitative estimate of drug-likeness (QED) is 0.471. The smallest absolute Gasteiger partial charge is 0.266 e. The van der Waals surface area contributed by atoms with E-state index in [0.717, 1.165) is 39.7 Å². The van der Waals surface area contributed by atoms with E-state index in [1.165, 1.54) is 16.9 Å². The predicted molar refractivity (Wildman–Crippen MR) is 115 cm³/mol. The topological polar surface area (TPSA) is 57.8 Å². The minimum Gasteiger partial charge on any atom is -0.319 e. The largest absolute Gasteiger partial charge is 0.319 e. The lowest BCUT2D eigenvalue weighted by molar-refractivity contribution is 0.678. The normalized spacial score (nSPS) is 12.7. The number of nitrogens with one attached hydrogen (secondary N) is 2. The molecule has 0 amide bonds. The molecule has 4 aromatic rings. The maximum atomic E-state index is 12.4. The number of benzene rings is 1. The number of aryl methyl sites for hydroxylation is 1. The van der Waals surface area contributed by atoms with E-state index in [9.17, 15) is 4.79 Å². The number of halogens is 1. The fourth-order valence-electron chi connectivity index (χ4n) is 3.61. The lowest BCUT2D eigenvalue weighted by Gasteiger charge is -2.14. The molecule has 3 aromatic heterocycles. The van der Waals surface area contributed by atoms with Crippen LogP contribution in [0.3, 0.4) is 0 Å². The second kappa shape index (κ2) is 7.08. The van der Waals surface area contributed by atoms with Crippen LogP contribution in [0.1, 0.15) is 24.1 Å². The minimum absolute atomic E-state index is 0.0816. The summed E-state index contributed by atoms with van der Waals surface area (Å²) in [6.07, 6.45) is 0. The summed E-state index contributed by atoms with van der Waals surface area (Å²) < 4.78 is 0.713. The molecule has 138 valence electrons. The van der Waals surface area contributed by atoms with Gasteiger partial charge in [0.1, 0.15) is 9.85 Å². The van der Waals surface area contributed by atoms with E-state index in [-0.39, 0.29) is 5.56 Å². The van der Waals surface area contributed by atoms with Crippen LogP contribution in [0.4, 0.5) is 0 Å². The first-order valence-corrected chi connectivity index (χ1v) is 10.1. The Balaban J connectivity index is 1.99. The van der Waals surface area contributed by atoms with Crippen LogP contribution >= 0.6 is 22.9 Å². The van der Waals surface area contributed by atoms with Crippen molar-refractivity contribution in [1.29, 1.82) is 0 Å². The third kappa shape index (κ3) is 3.06. The van der Waals surface area contributed by atoms with Crippen LogP contribution in [0.5, 0.6) is 0 Å². The Bertz CT molecular complexity index is 1190.